The zero-order chi connectivity index (χ0) is 15.5. The standard InChI is InChI=1S/C15H21N3O3S/c1-11-13(16-4-9-21-11)15(20)18-7-5-17(6-8-18)14(19)12-3-2-10-22-12/h2-3,10-11,13,16H,4-9H2,1H3/t11-,13+/m1/s1. The van der Waals surface area contributed by atoms with Gasteiger partial charge in [-0.2, -0.15) is 0 Å². The molecule has 0 aliphatic carbocycles. The van der Waals surface area contributed by atoms with Crippen molar-refractivity contribution in [3.8, 4) is 0 Å². The minimum Gasteiger partial charge on any atom is -0.375 e. The third-order valence-corrected chi connectivity index (χ3v) is 5.05. The molecule has 2 aliphatic heterocycles. The summed E-state index contributed by atoms with van der Waals surface area (Å²) in [6, 6.07) is 3.46. The van der Waals surface area contributed by atoms with Crippen LogP contribution < -0.4 is 5.32 Å². The Morgan fingerprint density at radius 2 is 2.00 bits per heavy atom. The Hall–Kier alpha value is -1.44. The van der Waals surface area contributed by atoms with Crippen LogP contribution >= 0.6 is 11.3 Å². The van der Waals surface area contributed by atoms with Crippen molar-refractivity contribution < 1.29 is 14.3 Å². The van der Waals surface area contributed by atoms with Crippen molar-refractivity contribution in [2.24, 2.45) is 0 Å². The maximum atomic E-state index is 12.6. The van der Waals surface area contributed by atoms with E-state index in [4.69, 9.17) is 4.74 Å². The van der Waals surface area contributed by atoms with E-state index in [2.05, 4.69) is 5.32 Å². The molecule has 0 saturated carbocycles. The number of ether oxygens (including phenoxy) is 1. The molecule has 120 valence electrons. The molecule has 6 nitrogen and oxygen atoms in total. The molecule has 0 spiro atoms. The third kappa shape index (κ3) is 3.16. The molecule has 0 radical (unpaired) electrons. The van der Waals surface area contributed by atoms with Gasteiger partial charge in [-0.15, -0.1) is 11.3 Å². The third-order valence-electron chi connectivity index (χ3n) is 4.19. The molecule has 2 aliphatic rings. The Kier molecular flexibility index (Phi) is 4.75. The lowest BCUT2D eigenvalue weighted by Gasteiger charge is -2.38. The number of hydrogen-bond acceptors (Lipinski definition) is 5. The first-order chi connectivity index (χ1) is 10.7. The Morgan fingerprint density at radius 1 is 1.27 bits per heavy atom. The van der Waals surface area contributed by atoms with Crippen LogP contribution in [0.2, 0.25) is 0 Å². The van der Waals surface area contributed by atoms with Crippen LogP contribution in [0.4, 0.5) is 0 Å². The lowest BCUT2D eigenvalue weighted by atomic mass is 10.1. The van der Waals surface area contributed by atoms with Crippen LogP contribution in [0.3, 0.4) is 0 Å². The summed E-state index contributed by atoms with van der Waals surface area (Å²) in [4.78, 5) is 29.3. The zero-order valence-electron chi connectivity index (χ0n) is 12.7. The van der Waals surface area contributed by atoms with E-state index in [1.807, 2.05) is 34.2 Å². The lowest BCUT2D eigenvalue weighted by molar-refractivity contribution is -0.140. The van der Waals surface area contributed by atoms with Crippen LogP contribution in [-0.2, 0) is 9.53 Å². The molecule has 22 heavy (non-hydrogen) atoms. The van der Waals surface area contributed by atoms with Gasteiger partial charge >= 0.3 is 0 Å². The average molecular weight is 323 g/mol. The number of morpholine rings is 1. The lowest BCUT2D eigenvalue weighted by Crippen LogP contribution is -2.60. The van der Waals surface area contributed by atoms with Crippen LogP contribution in [0.25, 0.3) is 0 Å². The number of rotatable bonds is 2. The molecule has 7 heteroatoms. The van der Waals surface area contributed by atoms with E-state index < -0.39 is 0 Å². The summed E-state index contributed by atoms with van der Waals surface area (Å²) in [5.41, 5.74) is 0. The quantitative estimate of drug-likeness (QED) is 0.856. The molecule has 2 atom stereocenters. The molecule has 1 N–H and O–H groups in total. The second-order valence-electron chi connectivity index (χ2n) is 5.60. The van der Waals surface area contributed by atoms with Gasteiger partial charge in [0.2, 0.25) is 5.91 Å². The first kappa shape index (κ1) is 15.5. The minimum absolute atomic E-state index is 0.0644. The number of carbonyl (C=O) groups excluding carboxylic acids is 2. The number of nitrogens with one attached hydrogen (secondary N) is 1. The van der Waals surface area contributed by atoms with Gasteiger partial charge in [0, 0.05) is 32.7 Å². The second-order valence-corrected chi connectivity index (χ2v) is 6.55. The van der Waals surface area contributed by atoms with Gasteiger partial charge in [-0.05, 0) is 18.4 Å². The van der Waals surface area contributed by atoms with E-state index in [0.29, 0.717) is 39.3 Å². The number of piperazine rings is 1. The smallest absolute Gasteiger partial charge is 0.264 e. The minimum atomic E-state index is -0.270. The van der Waals surface area contributed by atoms with E-state index >= 15 is 0 Å². The van der Waals surface area contributed by atoms with Crippen LogP contribution in [-0.4, -0.2) is 73.1 Å². The fourth-order valence-corrected chi connectivity index (χ4v) is 3.58. The maximum absolute atomic E-state index is 12.6. The molecule has 2 saturated heterocycles. The number of carbonyl (C=O) groups is 2. The van der Waals surface area contributed by atoms with Crippen molar-refractivity contribution in [1.82, 2.24) is 15.1 Å². The van der Waals surface area contributed by atoms with E-state index in [9.17, 15) is 9.59 Å². The van der Waals surface area contributed by atoms with Crippen molar-refractivity contribution >= 4 is 23.2 Å². The average Bonchev–Trinajstić information content (AvgIpc) is 3.09. The van der Waals surface area contributed by atoms with Gasteiger partial charge in [-0.25, -0.2) is 0 Å². The Morgan fingerprint density at radius 3 is 2.64 bits per heavy atom. The highest BCUT2D eigenvalue weighted by Gasteiger charge is 2.34. The highest BCUT2D eigenvalue weighted by molar-refractivity contribution is 7.12. The molecule has 3 rings (SSSR count). The van der Waals surface area contributed by atoms with Crippen molar-refractivity contribution in [2.75, 3.05) is 39.3 Å². The van der Waals surface area contributed by atoms with Crippen molar-refractivity contribution in [3.63, 3.8) is 0 Å². The summed E-state index contributed by atoms with van der Waals surface area (Å²) >= 11 is 1.46. The van der Waals surface area contributed by atoms with Gasteiger partial charge in [-0.1, -0.05) is 6.07 Å². The van der Waals surface area contributed by atoms with Crippen LogP contribution in [0.15, 0.2) is 17.5 Å². The maximum Gasteiger partial charge on any atom is 0.264 e. The predicted octanol–water partition coefficient (Wildman–Crippen LogP) is 0.409. The Labute approximate surface area is 134 Å². The summed E-state index contributed by atoms with van der Waals surface area (Å²) in [5.74, 6) is 0.144. The SMILES string of the molecule is C[C@H]1OCCN[C@@H]1C(=O)N1CCN(C(=O)c2cccs2)CC1. The molecule has 0 unspecified atom stereocenters. The predicted molar refractivity (Wildman–Crippen MR) is 84.0 cm³/mol. The number of nitrogens with zero attached hydrogens (tertiary/aromatic N) is 2. The van der Waals surface area contributed by atoms with Gasteiger partial charge < -0.3 is 19.9 Å². The molecule has 0 bridgehead atoms. The molecule has 3 heterocycles. The first-order valence-corrected chi connectivity index (χ1v) is 8.51. The fraction of sp³-hybridized carbons (Fsp3) is 0.600. The highest BCUT2D eigenvalue weighted by Crippen LogP contribution is 2.15. The number of hydrogen-bond donors (Lipinski definition) is 1. The summed E-state index contributed by atoms with van der Waals surface area (Å²) in [7, 11) is 0. The van der Waals surface area contributed by atoms with Crippen LogP contribution in [0, 0.1) is 0 Å². The topological polar surface area (TPSA) is 61.9 Å². The van der Waals surface area contributed by atoms with E-state index in [1.165, 1.54) is 11.3 Å². The molecule has 1 aromatic heterocycles. The van der Waals surface area contributed by atoms with Crippen molar-refractivity contribution in [3.05, 3.63) is 22.4 Å². The van der Waals surface area contributed by atoms with E-state index in [-0.39, 0.29) is 24.0 Å². The van der Waals surface area contributed by atoms with Crippen molar-refractivity contribution in [2.45, 2.75) is 19.1 Å². The zero-order valence-corrected chi connectivity index (χ0v) is 13.5. The molecule has 2 fully saturated rings. The summed E-state index contributed by atoms with van der Waals surface area (Å²) in [6.45, 7) is 5.62. The van der Waals surface area contributed by atoms with Gasteiger partial charge in [-0.3, -0.25) is 9.59 Å². The Balaban J connectivity index is 1.55. The van der Waals surface area contributed by atoms with E-state index in [1.54, 1.807) is 0 Å². The second kappa shape index (κ2) is 6.76. The van der Waals surface area contributed by atoms with Gasteiger partial charge in [0.1, 0.15) is 6.04 Å². The van der Waals surface area contributed by atoms with Crippen LogP contribution in [0.1, 0.15) is 16.6 Å². The summed E-state index contributed by atoms with van der Waals surface area (Å²) in [6.07, 6.45) is -0.105. The van der Waals surface area contributed by atoms with Gasteiger partial charge in [0.25, 0.3) is 5.91 Å². The molecular formula is C15H21N3O3S. The van der Waals surface area contributed by atoms with E-state index in [0.717, 1.165) is 4.88 Å². The monoisotopic (exact) mass is 323 g/mol. The molecule has 1 aromatic rings. The number of amides is 2. The van der Waals surface area contributed by atoms with Gasteiger partial charge in [0.05, 0.1) is 17.6 Å². The largest absolute Gasteiger partial charge is 0.375 e. The van der Waals surface area contributed by atoms with Crippen molar-refractivity contribution in [1.29, 1.82) is 0 Å². The first-order valence-electron chi connectivity index (χ1n) is 7.63. The fourth-order valence-electron chi connectivity index (χ4n) is 2.89. The van der Waals surface area contributed by atoms with Crippen LogP contribution in [0.5, 0.6) is 0 Å². The Bertz CT molecular complexity index is 526. The number of thiophene rings is 1. The molecule has 0 aromatic carbocycles. The summed E-state index contributed by atoms with van der Waals surface area (Å²) in [5, 5.41) is 5.13. The molecular weight excluding hydrogens is 302 g/mol. The highest BCUT2D eigenvalue weighted by atomic mass is 32.1. The summed E-state index contributed by atoms with van der Waals surface area (Å²) < 4.78 is 5.54. The normalized spacial score (nSPS) is 26.0. The van der Waals surface area contributed by atoms with Gasteiger partial charge in [0.15, 0.2) is 0 Å². The molecule has 2 amide bonds.